The molecule has 0 aromatic heterocycles. The van der Waals surface area contributed by atoms with Gasteiger partial charge in [-0.1, -0.05) is 0 Å². The second kappa shape index (κ2) is 2.94. The maximum absolute atomic E-state index is 10.5. The van der Waals surface area contributed by atoms with Crippen LogP contribution >= 0.6 is 12.1 Å². The molecule has 0 atom stereocenters. The van der Waals surface area contributed by atoms with E-state index in [1.54, 1.807) is 0 Å². The third kappa shape index (κ3) is 1.71. The largest absolute Gasteiger partial charge is 0.287 e. The van der Waals surface area contributed by atoms with Crippen molar-refractivity contribution < 1.29 is 4.79 Å². The standard InChI is InChI=1S/C4H8N2OS/c7-4-2-1-3-5-8-6-4/h5H,1-3H2,(H,6,7). The number of carbonyl (C=O) groups is 1. The molecule has 0 spiro atoms. The van der Waals surface area contributed by atoms with Crippen molar-refractivity contribution in [1.29, 1.82) is 0 Å². The van der Waals surface area contributed by atoms with Gasteiger partial charge >= 0.3 is 0 Å². The van der Waals surface area contributed by atoms with Crippen LogP contribution < -0.4 is 9.44 Å². The van der Waals surface area contributed by atoms with Crippen LogP contribution in [0.1, 0.15) is 12.8 Å². The number of amides is 1. The molecule has 1 amide bonds. The van der Waals surface area contributed by atoms with Crippen LogP contribution in [-0.4, -0.2) is 12.5 Å². The van der Waals surface area contributed by atoms with Gasteiger partial charge in [0, 0.05) is 25.1 Å². The molecule has 8 heavy (non-hydrogen) atoms. The van der Waals surface area contributed by atoms with Crippen molar-refractivity contribution in [3.8, 4) is 0 Å². The lowest BCUT2D eigenvalue weighted by molar-refractivity contribution is -0.119. The zero-order valence-electron chi connectivity index (χ0n) is 4.44. The SMILES string of the molecule is O=C1CCCNSN1. The summed E-state index contributed by atoms with van der Waals surface area (Å²) < 4.78 is 5.57. The van der Waals surface area contributed by atoms with Crippen LogP contribution in [0.3, 0.4) is 0 Å². The molecule has 0 aromatic rings. The Morgan fingerprint density at radius 2 is 2.50 bits per heavy atom. The average molecular weight is 132 g/mol. The average Bonchev–Trinajstić information content (AvgIpc) is 1.94. The maximum Gasteiger partial charge on any atom is 0.230 e. The summed E-state index contributed by atoms with van der Waals surface area (Å²) in [7, 11) is 0. The molecule has 46 valence electrons. The summed E-state index contributed by atoms with van der Waals surface area (Å²) in [6.07, 6.45) is 1.60. The van der Waals surface area contributed by atoms with E-state index in [4.69, 9.17) is 0 Å². The summed E-state index contributed by atoms with van der Waals surface area (Å²) in [4.78, 5) is 10.5. The molecule has 1 fully saturated rings. The zero-order chi connectivity index (χ0) is 5.82. The molecule has 0 aliphatic carbocycles. The van der Waals surface area contributed by atoms with Crippen molar-refractivity contribution in [3.05, 3.63) is 0 Å². The van der Waals surface area contributed by atoms with Gasteiger partial charge in [-0.3, -0.25) is 9.52 Å². The fourth-order valence-corrected chi connectivity index (χ4v) is 1.05. The van der Waals surface area contributed by atoms with E-state index >= 15 is 0 Å². The highest BCUT2D eigenvalue weighted by molar-refractivity contribution is 7.96. The second-order valence-corrected chi connectivity index (χ2v) is 2.32. The third-order valence-electron chi connectivity index (χ3n) is 0.920. The van der Waals surface area contributed by atoms with Gasteiger partial charge in [0.15, 0.2) is 0 Å². The molecule has 0 saturated carbocycles. The lowest BCUT2D eigenvalue weighted by Crippen LogP contribution is -2.14. The Labute approximate surface area is 52.5 Å². The summed E-state index contributed by atoms with van der Waals surface area (Å²) in [5, 5.41) is 0. The van der Waals surface area contributed by atoms with Crippen LogP contribution in [0.5, 0.6) is 0 Å². The summed E-state index contributed by atoms with van der Waals surface area (Å²) in [5.41, 5.74) is 0. The minimum Gasteiger partial charge on any atom is -0.287 e. The zero-order valence-corrected chi connectivity index (χ0v) is 5.25. The molecule has 0 radical (unpaired) electrons. The summed E-state index contributed by atoms with van der Waals surface area (Å²) >= 11 is 1.27. The van der Waals surface area contributed by atoms with Crippen molar-refractivity contribution in [1.82, 2.24) is 9.44 Å². The number of rotatable bonds is 0. The Morgan fingerprint density at radius 3 is 3.38 bits per heavy atom. The van der Waals surface area contributed by atoms with Crippen LogP contribution in [0.15, 0.2) is 0 Å². The fraction of sp³-hybridized carbons (Fsp3) is 0.750. The van der Waals surface area contributed by atoms with Gasteiger partial charge in [-0.15, -0.1) is 0 Å². The van der Waals surface area contributed by atoms with Gasteiger partial charge in [-0.05, 0) is 6.42 Å². The van der Waals surface area contributed by atoms with Gasteiger partial charge in [-0.2, -0.15) is 0 Å². The minimum atomic E-state index is 0.125. The minimum absolute atomic E-state index is 0.125. The Morgan fingerprint density at radius 1 is 1.62 bits per heavy atom. The quantitative estimate of drug-likeness (QED) is 0.457. The van der Waals surface area contributed by atoms with Gasteiger partial charge in [0.2, 0.25) is 5.91 Å². The monoisotopic (exact) mass is 132 g/mol. The van der Waals surface area contributed by atoms with Gasteiger partial charge in [0.1, 0.15) is 0 Å². The highest BCUT2D eigenvalue weighted by atomic mass is 32.2. The Balaban J connectivity index is 2.27. The van der Waals surface area contributed by atoms with Crippen LogP contribution in [0.25, 0.3) is 0 Å². The number of nitrogens with one attached hydrogen (secondary N) is 2. The lowest BCUT2D eigenvalue weighted by atomic mass is 10.3. The predicted octanol–water partition coefficient (Wildman–Crippen LogP) is 0.0492. The lowest BCUT2D eigenvalue weighted by Gasteiger charge is -1.93. The maximum atomic E-state index is 10.5. The predicted molar refractivity (Wildman–Crippen MR) is 33.0 cm³/mol. The molecule has 1 rings (SSSR count). The summed E-state index contributed by atoms with van der Waals surface area (Å²) in [6.45, 7) is 0.920. The Bertz CT molecular complexity index is 86.0. The van der Waals surface area contributed by atoms with Gasteiger partial charge in [-0.25, -0.2) is 4.72 Å². The van der Waals surface area contributed by atoms with Crippen molar-refractivity contribution in [2.24, 2.45) is 0 Å². The third-order valence-corrected chi connectivity index (χ3v) is 1.60. The highest BCUT2D eigenvalue weighted by Gasteiger charge is 2.03. The van der Waals surface area contributed by atoms with E-state index < -0.39 is 0 Å². The van der Waals surface area contributed by atoms with Gasteiger partial charge in [0.05, 0.1) is 0 Å². The van der Waals surface area contributed by atoms with Crippen molar-refractivity contribution >= 4 is 18.0 Å². The molecular formula is C4H8N2OS. The van der Waals surface area contributed by atoms with Crippen LogP contribution in [0.4, 0.5) is 0 Å². The second-order valence-electron chi connectivity index (χ2n) is 1.63. The molecule has 0 unspecified atom stereocenters. The topological polar surface area (TPSA) is 41.1 Å². The first-order chi connectivity index (χ1) is 3.89. The van der Waals surface area contributed by atoms with E-state index in [0.29, 0.717) is 6.42 Å². The number of hydrogen-bond donors (Lipinski definition) is 2. The molecule has 2 N–H and O–H groups in total. The van der Waals surface area contributed by atoms with E-state index in [1.165, 1.54) is 12.1 Å². The molecule has 3 nitrogen and oxygen atoms in total. The summed E-state index contributed by atoms with van der Waals surface area (Å²) in [6, 6.07) is 0. The highest BCUT2D eigenvalue weighted by Crippen LogP contribution is 1.97. The van der Waals surface area contributed by atoms with Crippen LogP contribution in [0.2, 0.25) is 0 Å². The van der Waals surface area contributed by atoms with Crippen LogP contribution in [0, 0.1) is 0 Å². The number of carbonyl (C=O) groups excluding carboxylic acids is 1. The smallest absolute Gasteiger partial charge is 0.230 e. The molecular weight excluding hydrogens is 124 g/mol. The van der Waals surface area contributed by atoms with E-state index in [0.717, 1.165) is 13.0 Å². The molecule has 0 bridgehead atoms. The summed E-state index contributed by atoms with van der Waals surface area (Å²) in [5.74, 6) is 0.125. The van der Waals surface area contributed by atoms with E-state index in [9.17, 15) is 4.79 Å². The first-order valence-corrected chi connectivity index (χ1v) is 3.39. The van der Waals surface area contributed by atoms with Gasteiger partial charge < -0.3 is 0 Å². The van der Waals surface area contributed by atoms with E-state index in [-0.39, 0.29) is 5.91 Å². The van der Waals surface area contributed by atoms with Crippen molar-refractivity contribution in [2.75, 3.05) is 6.54 Å². The first kappa shape index (κ1) is 5.91. The Kier molecular flexibility index (Phi) is 2.17. The molecule has 0 aromatic carbocycles. The number of hydrogen-bond acceptors (Lipinski definition) is 3. The van der Waals surface area contributed by atoms with Gasteiger partial charge in [0.25, 0.3) is 0 Å². The Hall–Kier alpha value is -0.220. The van der Waals surface area contributed by atoms with E-state index in [2.05, 4.69) is 9.44 Å². The van der Waals surface area contributed by atoms with Crippen molar-refractivity contribution in [3.63, 3.8) is 0 Å². The van der Waals surface area contributed by atoms with Crippen molar-refractivity contribution in [2.45, 2.75) is 12.8 Å². The first-order valence-electron chi connectivity index (χ1n) is 2.57. The molecule has 1 aliphatic heterocycles. The normalized spacial score (nSPS) is 21.8. The molecule has 4 heteroatoms. The van der Waals surface area contributed by atoms with E-state index in [1.807, 2.05) is 0 Å². The fourth-order valence-electron chi connectivity index (χ4n) is 0.516. The van der Waals surface area contributed by atoms with Crippen LogP contribution in [-0.2, 0) is 4.79 Å². The molecule has 1 heterocycles. The molecule has 1 saturated heterocycles. The molecule has 1 aliphatic rings.